The Morgan fingerprint density at radius 1 is 1.03 bits per heavy atom. The normalized spacial score (nSPS) is 18.4. The summed E-state index contributed by atoms with van der Waals surface area (Å²) in [5.74, 6) is -1.74. The van der Waals surface area contributed by atoms with Crippen molar-refractivity contribution >= 4 is 35.2 Å². The molecule has 9 heteroatoms. The second kappa shape index (κ2) is 12.6. The Bertz CT molecular complexity index is 1260. The van der Waals surface area contributed by atoms with Crippen LogP contribution in [0.1, 0.15) is 30.4 Å². The molecule has 3 aromatic carbocycles. The van der Waals surface area contributed by atoms with Crippen LogP contribution < -0.4 is 10.6 Å². The number of benzene rings is 3. The van der Waals surface area contributed by atoms with E-state index in [1.807, 2.05) is 60.7 Å². The largest absolute Gasteiger partial charge is 0.480 e. The molecule has 0 spiro atoms. The Morgan fingerprint density at radius 3 is 2.37 bits per heavy atom. The minimum Gasteiger partial charge on any atom is -0.480 e. The molecule has 0 aliphatic carbocycles. The van der Waals surface area contributed by atoms with Crippen molar-refractivity contribution in [2.75, 3.05) is 11.9 Å². The van der Waals surface area contributed by atoms with Crippen LogP contribution in [0.2, 0.25) is 5.02 Å². The van der Waals surface area contributed by atoms with Gasteiger partial charge in [0.1, 0.15) is 12.1 Å². The van der Waals surface area contributed by atoms with Crippen LogP contribution in [0.15, 0.2) is 84.9 Å². The van der Waals surface area contributed by atoms with Gasteiger partial charge in [-0.1, -0.05) is 78.3 Å². The lowest BCUT2D eigenvalue weighted by Crippen LogP contribution is -2.57. The van der Waals surface area contributed by atoms with Crippen LogP contribution in [0, 0.1) is 0 Å². The zero-order valence-corrected chi connectivity index (χ0v) is 21.7. The maximum absolute atomic E-state index is 13.9. The van der Waals surface area contributed by atoms with E-state index in [2.05, 4.69) is 10.6 Å². The van der Waals surface area contributed by atoms with E-state index < -0.39 is 36.1 Å². The highest BCUT2D eigenvalue weighted by Gasteiger charge is 2.44. The van der Waals surface area contributed by atoms with Gasteiger partial charge in [-0.05, 0) is 42.7 Å². The molecule has 0 unspecified atom stereocenters. The number of likely N-dealkylation sites (tertiary alicyclic amines) is 1. The third-order valence-electron chi connectivity index (χ3n) is 6.60. The molecule has 4 atom stereocenters. The van der Waals surface area contributed by atoms with Crippen molar-refractivity contribution in [2.24, 2.45) is 0 Å². The zero-order chi connectivity index (χ0) is 27.1. The Balaban J connectivity index is 1.54. The number of anilines is 1. The number of urea groups is 1. The lowest BCUT2D eigenvalue weighted by Gasteiger charge is -2.30. The van der Waals surface area contributed by atoms with Gasteiger partial charge in [-0.25, -0.2) is 9.59 Å². The number of hydrogen-bond donors (Lipinski definition) is 3. The number of amides is 3. The standard InChI is InChI=1S/C29H30ClN3O5/c1-19(38-18-20-9-4-2-5-10-20)26(32-29(37)31-24-14-8-13-23(30)16-24)27(34)33-17-22(15-25(33)28(35)36)21-11-6-3-7-12-21/h2-14,16,19,22,25-26H,15,17-18H2,1H3,(H,35,36)(H2,31,32,37)/t19-,22-,25-,26+/m1/s1. The molecular weight excluding hydrogens is 506 g/mol. The molecule has 0 bridgehead atoms. The Kier molecular flexibility index (Phi) is 8.99. The Morgan fingerprint density at radius 2 is 1.71 bits per heavy atom. The number of carbonyl (C=O) groups is 3. The smallest absolute Gasteiger partial charge is 0.326 e. The van der Waals surface area contributed by atoms with E-state index in [9.17, 15) is 19.5 Å². The number of hydrogen-bond acceptors (Lipinski definition) is 4. The quantitative estimate of drug-likeness (QED) is 0.361. The van der Waals surface area contributed by atoms with E-state index in [0.29, 0.717) is 10.7 Å². The number of nitrogens with zero attached hydrogens (tertiary/aromatic N) is 1. The molecule has 1 fully saturated rings. The molecule has 4 rings (SSSR count). The minimum atomic E-state index is -1.13. The number of nitrogens with one attached hydrogen (secondary N) is 2. The molecule has 198 valence electrons. The van der Waals surface area contributed by atoms with E-state index in [0.717, 1.165) is 11.1 Å². The van der Waals surface area contributed by atoms with Crippen molar-refractivity contribution < 1.29 is 24.2 Å². The summed E-state index contributed by atoms with van der Waals surface area (Å²) in [5, 5.41) is 15.8. The van der Waals surface area contributed by atoms with Crippen LogP contribution in [0.4, 0.5) is 10.5 Å². The van der Waals surface area contributed by atoms with Crippen molar-refractivity contribution in [1.29, 1.82) is 0 Å². The SMILES string of the molecule is C[C@@H](OCc1ccccc1)[C@H](NC(=O)Nc1cccc(Cl)c1)C(=O)N1C[C@H](c2ccccc2)C[C@@H]1C(=O)O. The van der Waals surface area contributed by atoms with Crippen LogP contribution in [0.3, 0.4) is 0 Å². The second-order valence-electron chi connectivity index (χ2n) is 9.28. The average Bonchev–Trinajstić information content (AvgIpc) is 3.37. The highest BCUT2D eigenvalue weighted by molar-refractivity contribution is 6.30. The fraction of sp³-hybridized carbons (Fsp3) is 0.276. The first-order valence-corrected chi connectivity index (χ1v) is 12.8. The topological polar surface area (TPSA) is 108 Å². The third-order valence-corrected chi connectivity index (χ3v) is 6.84. The molecular formula is C29H30ClN3O5. The molecule has 8 nitrogen and oxygen atoms in total. The number of rotatable bonds is 9. The number of carboxylic acids is 1. The molecule has 3 N–H and O–H groups in total. The summed E-state index contributed by atoms with van der Waals surface area (Å²) in [6, 6.07) is 22.8. The van der Waals surface area contributed by atoms with E-state index >= 15 is 0 Å². The minimum absolute atomic E-state index is 0.136. The van der Waals surface area contributed by atoms with Gasteiger partial charge in [0.15, 0.2) is 0 Å². The van der Waals surface area contributed by atoms with Crippen molar-refractivity contribution in [2.45, 2.75) is 44.1 Å². The van der Waals surface area contributed by atoms with Gasteiger partial charge < -0.3 is 25.4 Å². The number of carbonyl (C=O) groups excluding carboxylic acids is 2. The van der Waals surface area contributed by atoms with Gasteiger partial charge in [0.05, 0.1) is 12.7 Å². The number of carboxylic acid groups (broad SMARTS) is 1. The van der Waals surface area contributed by atoms with Gasteiger partial charge in [-0.15, -0.1) is 0 Å². The summed E-state index contributed by atoms with van der Waals surface area (Å²) >= 11 is 6.02. The summed E-state index contributed by atoms with van der Waals surface area (Å²) in [4.78, 5) is 40.3. The van der Waals surface area contributed by atoms with Crippen molar-refractivity contribution in [3.8, 4) is 0 Å². The second-order valence-corrected chi connectivity index (χ2v) is 9.71. The molecule has 0 saturated carbocycles. The van der Waals surface area contributed by atoms with Crippen molar-refractivity contribution in [1.82, 2.24) is 10.2 Å². The summed E-state index contributed by atoms with van der Waals surface area (Å²) in [7, 11) is 0. The lowest BCUT2D eigenvalue weighted by atomic mass is 9.96. The van der Waals surface area contributed by atoms with Gasteiger partial charge in [0, 0.05) is 23.2 Å². The van der Waals surface area contributed by atoms with Gasteiger partial charge in [-0.2, -0.15) is 0 Å². The first-order chi connectivity index (χ1) is 18.3. The maximum atomic E-state index is 13.9. The molecule has 3 amide bonds. The van der Waals surface area contributed by atoms with Gasteiger partial charge in [0.2, 0.25) is 5.91 Å². The highest BCUT2D eigenvalue weighted by Crippen LogP contribution is 2.32. The summed E-state index contributed by atoms with van der Waals surface area (Å²) in [5.41, 5.74) is 2.32. The van der Waals surface area contributed by atoms with Gasteiger partial charge >= 0.3 is 12.0 Å². The van der Waals surface area contributed by atoms with Crippen LogP contribution in [0.25, 0.3) is 0 Å². The first-order valence-electron chi connectivity index (χ1n) is 12.4. The van der Waals surface area contributed by atoms with Gasteiger partial charge in [0.25, 0.3) is 0 Å². The predicted octanol–water partition coefficient (Wildman–Crippen LogP) is 4.90. The third kappa shape index (κ3) is 6.90. The Labute approximate surface area is 226 Å². The van der Waals surface area contributed by atoms with E-state index in [1.54, 1.807) is 31.2 Å². The van der Waals surface area contributed by atoms with Crippen molar-refractivity contribution in [3.05, 3.63) is 101 Å². The van der Waals surface area contributed by atoms with E-state index in [-0.39, 0.29) is 25.5 Å². The molecule has 1 aliphatic rings. The first kappa shape index (κ1) is 27.2. The molecule has 0 radical (unpaired) electrons. The summed E-state index contributed by atoms with van der Waals surface area (Å²) in [6.45, 7) is 2.13. The predicted molar refractivity (Wildman–Crippen MR) is 145 cm³/mol. The molecule has 38 heavy (non-hydrogen) atoms. The molecule has 1 heterocycles. The van der Waals surface area contributed by atoms with Crippen LogP contribution in [-0.4, -0.2) is 52.6 Å². The lowest BCUT2D eigenvalue weighted by molar-refractivity contribution is -0.150. The van der Waals surface area contributed by atoms with Crippen LogP contribution in [-0.2, 0) is 20.9 Å². The van der Waals surface area contributed by atoms with Crippen LogP contribution in [0.5, 0.6) is 0 Å². The maximum Gasteiger partial charge on any atom is 0.326 e. The Hall–Kier alpha value is -3.88. The van der Waals surface area contributed by atoms with E-state index in [1.165, 1.54) is 4.90 Å². The monoisotopic (exact) mass is 535 g/mol. The highest BCUT2D eigenvalue weighted by atomic mass is 35.5. The van der Waals surface area contributed by atoms with Crippen molar-refractivity contribution in [3.63, 3.8) is 0 Å². The van der Waals surface area contributed by atoms with Crippen LogP contribution >= 0.6 is 11.6 Å². The summed E-state index contributed by atoms with van der Waals surface area (Å²) in [6.07, 6.45) is -0.468. The fourth-order valence-electron chi connectivity index (χ4n) is 4.61. The zero-order valence-electron chi connectivity index (χ0n) is 20.9. The molecule has 1 saturated heterocycles. The molecule has 1 aliphatic heterocycles. The van der Waals surface area contributed by atoms with Gasteiger partial charge in [-0.3, -0.25) is 4.79 Å². The number of halogens is 1. The summed E-state index contributed by atoms with van der Waals surface area (Å²) < 4.78 is 5.99. The fourth-order valence-corrected chi connectivity index (χ4v) is 4.80. The number of aliphatic carboxylic acids is 1. The molecule has 3 aromatic rings. The van der Waals surface area contributed by atoms with E-state index in [4.69, 9.17) is 16.3 Å². The average molecular weight is 536 g/mol. The molecule has 0 aromatic heterocycles. The number of ether oxygens (including phenoxy) is 1.